The van der Waals surface area contributed by atoms with Crippen LogP contribution in [0.1, 0.15) is 12.8 Å². The van der Waals surface area contributed by atoms with E-state index in [0.717, 1.165) is 0 Å². The Hall–Kier alpha value is -1.82. The van der Waals surface area contributed by atoms with Crippen LogP contribution in [0.2, 0.25) is 5.02 Å². The van der Waals surface area contributed by atoms with E-state index >= 15 is 0 Å². The van der Waals surface area contributed by atoms with Crippen LogP contribution < -0.4 is 5.32 Å². The highest BCUT2D eigenvalue weighted by atomic mass is 35.5. The van der Waals surface area contributed by atoms with Crippen LogP contribution >= 0.6 is 11.6 Å². The number of nitrogens with one attached hydrogen (secondary N) is 1. The number of nitrogens with zero attached hydrogens (tertiary/aromatic N) is 1. The lowest BCUT2D eigenvalue weighted by Crippen LogP contribution is -2.42. The lowest BCUT2D eigenvalue weighted by molar-refractivity contribution is -0.141. The number of carbonyl (C=O) groups excluding carboxylic acids is 1. The number of benzene rings is 1. The molecule has 0 unspecified atom stereocenters. The van der Waals surface area contributed by atoms with Crippen LogP contribution in [0.5, 0.6) is 0 Å². The molecule has 0 saturated carbocycles. The fraction of sp³-hybridized carbons (Fsp3) is 0.333. The van der Waals surface area contributed by atoms with Crippen molar-refractivity contribution in [2.75, 3.05) is 11.9 Å². The molecule has 1 fully saturated rings. The molecular weight excluding hydrogens is 275 g/mol. The molecule has 5 nitrogen and oxygen atoms in total. The van der Waals surface area contributed by atoms with Crippen LogP contribution in [0.4, 0.5) is 14.9 Å². The van der Waals surface area contributed by atoms with Gasteiger partial charge < -0.3 is 15.3 Å². The first-order valence-corrected chi connectivity index (χ1v) is 6.13. The maximum absolute atomic E-state index is 13.5. The molecule has 2 N–H and O–H groups in total. The molecule has 0 spiro atoms. The molecule has 1 aliphatic rings. The number of hydrogen-bond donors (Lipinski definition) is 2. The Morgan fingerprint density at radius 3 is 2.84 bits per heavy atom. The summed E-state index contributed by atoms with van der Waals surface area (Å²) < 4.78 is 13.5. The van der Waals surface area contributed by atoms with Crippen molar-refractivity contribution < 1.29 is 19.1 Å². The summed E-state index contributed by atoms with van der Waals surface area (Å²) >= 11 is 5.79. The molecule has 1 aliphatic heterocycles. The highest BCUT2D eigenvalue weighted by Crippen LogP contribution is 2.26. The van der Waals surface area contributed by atoms with E-state index in [1.165, 1.54) is 23.1 Å². The largest absolute Gasteiger partial charge is 0.480 e. The van der Waals surface area contributed by atoms with Gasteiger partial charge in [-0.2, -0.15) is 0 Å². The molecule has 1 atom stereocenters. The molecule has 1 aromatic rings. The summed E-state index contributed by atoms with van der Waals surface area (Å²) in [5, 5.41) is 11.4. The molecule has 0 aliphatic carbocycles. The first-order valence-electron chi connectivity index (χ1n) is 5.75. The smallest absolute Gasteiger partial charge is 0.326 e. The fourth-order valence-corrected chi connectivity index (χ4v) is 2.27. The lowest BCUT2D eigenvalue weighted by atomic mass is 10.2. The van der Waals surface area contributed by atoms with Crippen LogP contribution in [0, 0.1) is 5.82 Å². The molecule has 2 rings (SSSR count). The van der Waals surface area contributed by atoms with Gasteiger partial charge in [0.05, 0.1) is 10.7 Å². The van der Waals surface area contributed by atoms with Crippen LogP contribution in [-0.4, -0.2) is 34.6 Å². The van der Waals surface area contributed by atoms with Gasteiger partial charge in [0.2, 0.25) is 0 Å². The van der Waals surface area contributed by atoms with Gasteiger partial charge in [0.15, 0.2) is 0 Å². The van der Waals surface area contributed by atoms with Gasteiger partial charge in [0.25, 0.3) is 0 Å². The minimum atomic E-state index is -1.06. The summed E-state index contributed by atoms with van der Waals surface area (Å²) in [4.78, 5) is 24.1. The highest BCUT2D eigenvalue weighted by molar-refractivity contribution is 6.33. The van der Waals surface area contributed by atoms with Gasteiger partial charge in [-0.3, -0.25) is 0 Å². The number of halogens is 2. The van der Waals surface area contributed by atoms with Crippen LogP contribution in [0.25, 0.3) is 0 Å². The zero-order valence-electron chi connectivity index (χ0n) is 9.90. The van der Waals surface area contributed by atoms with Gasteiger partial charge in [0, 0.05) is 6.54 Å². The first-order chi connectivity index (χ1) is 9.00. The number of rotatable bonds is 2. The number of carboxylic acids is 1. The minimum absolute atomic E-state index is 0.0689. The number of carboxylic acid groups (broad SMARTS) is 1. The van der Waals surface area contributed by atoms with E-state index in [1.807, 2.05) is 0 Å². The van der Waals surface area contributed by atoms with E-state index in [1.54, 1.807) is 0 Å². The van der Waals surface area contributed by atoms with Crippen molar-refractivity contribution >= 4 is 29.3 Å². The van der Waals surface area contributed by atoms with Crippen molar-refractivity contribution in [2.24, 2.45) is 0 Å². The number of aliphatic carboxylic acids is 1. The Morgan fingerprint density at radius 1 is 1.47 bits per heavy atom. The van der Waals surface area contributed by atoms with Crippen molar-refractivity contribution in [3.05, 3.63) is 29.0 Å². The summed E-state index contributed by atoms with van der Waals surface area (Å²) in [6.07, 6.45) is 1.00. The standard InChI is InChI=1S/C12H12ClFN2O3/c13-7-3-1-4-8(14)10(7)15-12(19)16-6-2-5-9(16)11(17)18/h1,3-4,9H,2,5-6H2,(H,15,19)(H,17,18)/t9-/m0/s1. The normalized spacial score (nSPS) is 18.4. The van der Waals surface area contributed by atoms with Crippen LogP contribution in [0.15, 0.2) is 18.2 Å². The molecule has 19 heavy (non-hydrogen) atoms. The summed E-state index contributed by atoms with van der Waals surface area (Å²) in [5.41, 5.74) is -0.134. The molecular formula is C12H12ClFN2O3. The van der Waals surface area contributed by atoms with Crippen molar-refractivity contribution in [3.8, 4) is 0 Å². The number of para-hydroxylation sites is 1. The Kier molecular flexibility index (Phi) is 3.90. The van der Waals surface area contributed by atoms with Gasteiger partial charge in [-0.15, -0.1) is 0 Å². The Labute approximate surface area is 114 Å². The quantitative estimate of drug-likeness (QED) is 0.878. The zero-order chi connectivity index (χ0) is 14.0. The molecule has 7 heteroatoms. The van der Waals surface area contributed by atoms with E-state index < -0.39 is 23.9 Å². The lowest BCUT2D eigenvalue weighted by Gasteiger charge is -2.22. The number of amides is 2. The third-order valence-corrected chi connectivity index (χ3v) is 3.31. The predicted octanol–water partition coefficient (Wildman–Crippen LogP) is 2.56. The number of urea groups is 1. The molecule has 102 valence electrons. The van der Waals surface area contributed by atoms with Gasteiger partial charge >= 0.3 is 12.0 Å². The topological polar surface area (TPSA) is 69.6 Å². The Bertz CT molecular complexity index is 503. The second-order valence-electron chi connectivity index (χ2n) is 4.22. The molecule has 1 heterocycles. The molecule has 0 aromatic heterocycles. The maximum Gasteiger partial charge on any atom is 0.326 e. The van der Waals surface area contributed by atoms with Crippen molar-refractivity contribution in [2.45, 2.75) is 18.9 Å². The monoisotopic (exact) mass is 286 g/mol. The molecule has 2 amide bonds. The number of anilines is 1. The van der Waals surface area contributed by atoms with Crippen molar-refractivity contribution in [3.63, 3.8) is 0 Å². The highest BCUT2D eigenvalue weighted by Gasteiger charge is 2.34. The Balaban J connectivity index is 2.15. The van der Waals surface area contributed by atoms with E-state index in [0.29, 0.717) is 19.4 Å². The van der Waals surface area contributed by atoms with E-state index in [2.05, 4.69) is 5.32 Å². The molecule has 1 saturated heterocycles. The second-order valence-corrected chi connectivity index (χ2v) is 4.62. The number of likely N-dealkylation sites (tertiary alicyclic amines) is 1. The molecule has 0 radical (unpaired) electrons. The van der Waals surface area contributed by atoms with Crippen molar-refractivity contribution in [1.29, 1.82) is 0 Å². The number of hydrogen-bond acceptors (Lipinski definition) is 2. The van der Waals surface area contributed by atoms with Crippen molar-refractivity contribution in [1.82, 2.24) is 4.90 Å². The van der Waals surface area contributed by atoms with Gasteiger partial charge in [-0.05, 0) is 25.0 Å². The average molecular weight is 287 g/mol. The van der Waals surface area contributed by atoms with E-state index in [-0.39, 0.29) is 10.7 Å². The van der Waals surface area contributed by atoms with Gasteiger partial charge in [0.1, 0.15) is 11.9 Å². The van der Waals surface area contributed by atoms with E-state index in [4.69, 9.17) is 16.7 Å². The number of carbonyl (C=O) groups is 2. The predicted molar refractivity (Wildman–Crippen MR) is 67.8 cm³/mol. The second kappa shape index (κ2) is 5.44. The first kappa shape index (κ1) is 13.6. The maximum atomic E-state index is 13.5. The molecule has 0 bridgehead atoms. The Morgan fingerprint density at radius 2 is 2.21 bits per heavy atom. The summed E-state index contributed by atoms with van der Waals surface area (Å²) in [7, 11) is 0. The molecule has 1 aromatic carbocycles. The third kappa shape index (κ3) is 2.78. The zero-order valence-corrected chi connectivity index (χ0v) is 10.7. The fourth-order valence-electron chi connectivity index (χ4n) is 2.06. The van der Waals surface area contributed by atoms with Crippen LogP contribution in [0.3, 0.4) is 0 Å². The summed E-state index contributed by atoms with van der Waals surface area (Å²) in [6.45, 7) is 0.328. The summed E-state index contributed by atoms with van der Waals surface area (Å²) in [6, 6.07) is 2.50. The SMILES string of the molecule is O=C(O)[C@@H]1CCCN1C(=O)Nc1c(F)cccc1Cl. The third-order valence-electron chi connectivity index (χ3n) is 2.99. The van der Waals surface area contributed by atoms with Crippen LogP contribution in [-0.2, 0) is 4.79 Å². The van der Waals surface area contributed by atoms with E-state index in [9.17, 15) is 14.0 Å². The van der Waals surface area contributed by atoms with Gasteiger partial charge in [-0.25, -0.2) is 14.0 Å². The van der Waals surface area contributed by atoms with Gasteiger partial charge in [-0.1, -0.05) is 17.7 Å². The minimum Gasteiger partial charge on any atom is -0.480 e. The summed E-state index contributed by atoms with van der Waals surface area (Å²) in [5.74, 6) is -1.72. The average Bonchev–Trinajstić information content (AvgIpc) is 2.83.